The van der Waals surface area contributed by atoms with E-state index in [4.69, 9.17) is 11.6 Å². The number of rotatable bonds is 4. The van der Waals surface area contributed by atoms with Crippen LogP contribution in [0.2, 0.25) is 5.02 Å². The van der Waals surface area contributed by atoms with Crippen molar-refractivity contribution in [2.45, 2.75) is 50.3 Å². The second-order valence-electron chi connectivity index (χ2n) is 8.20. The fourth-order valence-electron chi connectivity index (χ4n) is 4.87. The summed E-state index contributed by atoms with van der Waals surface area (Å²) in [5.41, 5.74) is 3.79. The number of halogens is 1. The average molecular weight is 422 g/mol. The zero-order valence-corrected chi connectivity index (χ0v) is 17.4. The Kier molecular flexibility index (Phi) is 5.09. The minimum atomic E-state index is -0.475. The first-order valence-corrected chi connectivity index (χ1v) is 10.9. The normalized spacial score (nSPS) is 23.6. The third-order valence-electron chi connectivity index (χ3n) is 6.36. The lowest BCUT2D eigenvalue weighted by atomic mass is 9.89. The van der Waals surface area contributed by atoms with E-state index in [2.05, 4.69) is 17.2 Å². The van der Waals surface area contributed by atoms with Gasteiger partial charge in [-0.15, -0.1) is 0 Å². The first-order valence-electron chi connectivity index (χ1n) is 10.5. The molecule has 1 aliphatic heterocycles. The molecule has 1 fully saturated rings. The van der Waals surface area contributed by atoms with Gasteiger partial charge in [-0.25, -0.2) is 4.68 Å². The van der Waals surface area contributed by atoms with Crippen molar-refractivity contribution in [3.8, 4) is 5.69 Å². The number of fused-ring (bicyclic) bond motifs is 1. The fraction of sp³-hybridized carbons (Fsp3) is 0.333. The monoisotopic (exact) mass is 421 g/mol. The summed E-state index contributed by atoms with van der Waals surface area (Å²) in [6.45, 7) is 0. The number of aromatic nitrogens is 2. The lowest BCUT2D eigenvalue weighted by Gasteiger charge is -2.39. The number of hydrogen-bond acceptors (Lipinski definition) is 3. The molecular weight excluding hydrogens is 398 g/mol. The number of aliphatic hydroxyl groups is 1. The van der Waals surface area contributed by atoms with Gasteiger partial charge in [0.25, 0.3) is 5.91 Å². The van der Waals surface area contributed by atoms with Crippen LogP contribution >= 0.6 is 11.6 Å². The van der Waals surface area contributed by atoms with Crippen molar-refractivity contribution in [3.05, 3.63) is 82.6 Å². The van der Waals surface area contributed by atoms with Crippen molar-refractivity contribution in [1.82, 2.24) is 14.7 Å². The second-order valence-corrected chi connectivity index (χ2v) is 8.64. The van der Waals surface area contributed by atoms with Crippen molar-refractivity contribution < 1.29 is 9.90 Å². The Morgan fingerprint density at radius 3 is 2.63 bits per heavy atom. The number of benzene rings is 2. The van der Waals surface area contributed by atoms with E-state index in [1.165, 1.54) is 0 Å². The predicted octanol–water partition coefficient (Wildman–Crippen LogP) is 4.57. The quantitative estimate of drug-likeness (QED) is 0.671. The summed E-state index contributed by atoms with van der Waals surface area (Å²) in [5, 5.41) is 15.6. The summed E-state index contributed by atoms with van der Waals surface area (Å²) in [4.78, 5) is 15.2. The molecule has 2 aliphatic rings. The Morgan fingerprint density at radius 2 is 1.90 bits per heavy atom. The predicted molar refractivity (Wildman–Crippen MR) is 116 cm³/mol. The molecule has 0 saturated heterocycles. The van der Waals surface area contributed by atoms with Gasteiger partial charge in [0.1, 0.15) is 0 Å². The third-order valence-corrected chi connectivity index (χ3v) is 6.59. The summed E-state index contributed by atoms with van der Waals surface area (Å²) < 4.78 is 1.82. The van der Waals surface area contributed by atoms with Crippen LogP contribution in [0.25, 0.3) is 5.69 Å². The van der Waals surface area contributed by atoms with E-state index < -0.39 is 6.10 Å². The van der Waals surface area contributed by atoms with E-state index in [-0.39, 0.29) is 18.0 Å². The zero-order valence-electron chi connectivity index (χ0n) is 16.6. The highest BCUT2D eigenvalue weighted by molar-refractivity contribution is 6.30. The van der Waals surface area contributed by atoms with Crippen LogP contribution in [-0.2, 0) is 6.42 Å². The van der Waals surface area contributed by atoms with Gasteiger partial charge in [0, 0.05) is 23.0 Å². The highest BCUT2D eigenvalue weighted by Crippen LogP contribution is 2.41. The molecule has 1 aromatic heterocycles. The molecule has 3 unspecified atom stereocenters. The van der Waals surface area contributed by atoms with Gasteiger partial charge in [0.2, 0.25) is 0 Å². The largest absolute Gasteiger partial charge is 0.391 e. The zero-order chi connectivity index (χ0) is 20.7. The summed E-state index contributed by atoms with van der Waals surface area (Å²) >= 11 is 6.29. The summed E-state index contributed by atoms with van der Waals surface area (Å²) in [5.74, 6) is 0.00535. The van der Waals surface area contributed by atoms with E-state index in [0.717, 1.165) is 42.5 Å². The molecule has 0 bridgehead atoms. The van der Waals surface area contributed by atoms with Gasteiger partial charge in [-0.1, -0.05) is 36.6 Å². The van der Waals surface area contributed by atoms with Crippen molar-refractivity contribution in [2.75, 3.05) is 0 Å². The van der Waals surface area contributed by atoms with Gasteiger partial charge < -0.3 is 10.0 Å². The fourth-order valence-corrected chi connectivity index (χ4v) is 5.05. The summed E-state index contributed by atoms with van der Waals surface area (Å²) in [6.07, 6.45) is 7.51. The molecule has 30 heavy (non-hydrogen) atoms. The number of carbonyl (C=O) groups excluding carboxylic acids is 1. The highest BCUT2D eigenvalue weighted by atomic mass is 35.5. The molecule has 1 aliphatic carbocycles. The number of carbonyl (C=O) groups is 1. The molecule has 2 heterocycles. The first kappa shape index (κ1) is 19.3. The highest BCUT2D eigenvalue weighted by Gasteiger charge is 2.43. The first-order chi connectivity index (χ1) is 14.6. The number of amides is 1. The van der Waals surface area contributed by atoms with E-state index in [1.807, 2.05) is 46.1 Å². The molecule has 5 rings (SSSR count). The topological polar surface area (TPSA) is 58.4 Å². The number of aliphatic hydroxyl groups excluding tert-OH is 1. The maximum atomic E-state index is 13.3. The maximum Gasteiger partial charge on any atom is 0.255 e. The number of hydrogen-bond donors (Lipinski definition) is 1. The average Bonchev–Trinajstić information content (AvgIpc) is 3.37. The third kappa shape index (κ3) is 3.42. The molecule has 6 heteroatoms. The SMILES string of the molecule is O=C1c2ccc(Cl)cc2C(Cc2ccc(-n3cccn3)cc2)N1C1CCCCC1O. The van der Waals surface area contributed by atoms with Gasteiger partial charge in [-0.3, -0.25) is 4.79 Å². The van der Waals surface area contributed by atoms with Gasteiger partial charge in [0.05, 0.1) is 23.9 Å². The molecule has 1 amide bonds. The molecule has 2 aromatic carbocycles. The van der Waals surface area contributed by atoms with E-state index in [1.54, 1.807) is 12.3 Å². The Balaban J connectivity index is 1.48. The van der Waals surface area contributed by atoms with Crippen molar-refractivity contribution in [3.63, 3.8) is 0 Å². The van der Waals surface area contributed by atoms with Gasteiger partial charge >= 0.3 is 0 Å². The van der Waals surface area contributed by atoms with Crippen molar-refractivity contribution in [1.29, 1.82) is 0 Å². The van der Waals surface area contributed by atoms with Crippen LogP contribution in [-0.4, -0.2) is 37.8 Å². The lowest BCUT2D eigenvalue weighted by Crippen LogP contribution is -2.47. The van der Waals surface area contributed by atoms with Crippen LogP contribution in [0.15, 0.2) is 60.9 Å². The van der Waals surface area contributed by atoms with E-state index >= 15 is 0 Å². The van der Waals surface area contributed by atoms with Crippen LogP contribution in [0.3, 0.4) is 0 Å². The molecule has 0 spiro atoms. The molecule has 3 aromatic rings. The van der Waals surface area contributed by atoms with E-state index in [0.29, 0.717) is 17.0 Å². The Morgan fingerprint density at radius 1 is 1.10 bits per heavy atom. The van der Waals surface area contributed by atoms with E-state index in [9.17, 15) is 9.90 Å². The van der Waals surface area contributed by atoms with Gasteiger partial charge in [-0.2, -0.15) is 5.10 Å². The molecule has 3 atom stereocenters. The van der Waals surface area contributed by atoms with Crippen LogP contribution in [0.4, 0.5) is 0 Å². The van der Waals surface area contributed by atoms with Crippen LogP contribution in [0.1, 0.15) is 53.2 Å². The van der Waals surface area contributed by atoms with Crippen LogP contribution in [0, 0.1) is 0 Å². The van der Waals surface area contributed by atoms with Gasteiger partial charge in [0.15, 0.2) is 0 Å². The Hall–Kier alpha value is -2.63. The minimum Gasteiger partial charge on any atom is -0.391 e. The summed E-state index contributed by atoms with van der Waals surface area (Å²) in [6, 6.07) is 15.4. The molecule has 5 nitrogen and oxygen atoms in total. The van der Waals surface area contributed by atoms with Crippen LogP contribution in [0.5, 0.6) is 0 Å². The van der Waals surface area contributed by atoms with Crippen molar-refractivity contribution in [2.24, 2.45) is 0 Å². The lowest BCUT2D eigenvalue weighted by molar-refractivity contribution is 0.00713. The maximum absolute atomic E-state index is 13.3. The molecule has 154 valence electrons. The summed E-state index contributed by atoms with van der Waals surface area (Å²) in [7, 11) is 0. The van der Waals surface area contributed by atoms with Gasteiger partial charge in [-0.05, 0) is 66.8 Å². The van der Waals surface area contributed by atoms with Crippen LogP contribution < -0.4 is 0 Å². The molecule has 1 N–H and O–H groups in total. The molecule has 1 saturated carbocycles. The second kappa shape index (κ2) is 7.89. The van der Waals surface area contributed by atoms with Crippen molar-refractivity contribution >= 4 is 17.5 Å². The number of nitrogens with zero attached hydrogens (tertiary/aromatic N) is 3. The molecular formula is C24H24ClN3O2. The smallest absolute Gasteiger partial charge is 0.255 e. The Labute approximate surface area is 180 Å². The minimum absolute atomic E-state index is 0.00535. The standard InChI is InChI=1S/C24H24ClN3O2/c25-17-8-11-19-20(15-17)22(28(24(19)30)21-4-1-2-5-23(21)29)14-16-6-9-18(10-7-16)27-13-3-12-26-27/h3,6-13,15,21-23,29H,1-2,4-5,14H2. The molecule has 0 radical (unpaired) electrons. The Bertz CT molecular complexity index is 1050.